The molecule has 0 fully saturated rings. The third-order valence-corrected chi connectivity index (χ3v) is 3.69. The molecule has 0 unspecified atom stereocenters. The van der Waals surface area contributed by atoms with E-state index in [0.717, 1.165) is 6.07 Å². The minimum Gasteiger partial charge on any atom is -0.508 e. The van der Waals surface area contributed by atoms with Crippen LogP contribution < -0.4 is 5.32 Å². The minimum atomic E-state index is -0.932. The lowest BCUT2D eigenvalue weighted by Crippen LogP contribution is -2.13. The molecule has 132 valence electrons. The molecule has 2 N–H and O–H groups in total. The Morgan fingerprint density at radius 3 is 2.54 bits per heavy atom. The van der Waals surface area contributed by atoms with Gasteiger partial charge in [-0.15, -0.1) is 0 Å². The van der Waals surface area contributed by atoms with E-state index in [0.29, 0.717) is 17.1 Å². The van der Waals surface area contributed by atoms with Crippen molar-refractivity contribution in [2.45, 2.75) is 12.8 Å². The Kier molecular flexibility index (Phi) is 5.17. The van der Waals surface area contributed by atoms with Gasteiger partial charge in [0.15, 0.2) is 17.5 Å². The van der Waals surface area contributed by atoms with Crippen LogP contribution in [0.1, 0.15) is 12.0 Å². The second kappa shape index (κ2) is 7.69. The van der Waals surface area contributed by atoms with Gasteiger partial charge in [0.05, 0.1) is 18.1 Å². The fraction of sp³-hybridized carbons (Fsp3) is 0.105. The smallest absolute Gasteiger partial charge is 0.224 e. The molecule has 1 aromatic heterocycles. The van der Waals surface area contributed by atoms with Crippen molar-refractivity contribution in [3.8, 4) is 17.1 Å². The highest BCUT2D eigenvalue weighted by molar-refractivity contribution is 5.90. The van der Waals surface area contributed by atoms with Crippen LogP contribution in [0, 0.1) is 11.6 Å². The molecule has 5 nitrogen and oxygen atoms in total. The lowest BCUT2D eigenvalue weighted by atomic mass is 10.1. The Labute approximate surface area is 148 Å². The van der Waals surface area contributed by atoms with Crippen LogP contribution in [0.5, 0.6) is 5.75 Å². The van der Waals surface area contributed by atoms with E-state index in [1.807, 2.05) is 0 Å². The third-order valence-electron chi connectivity index (χ3n) is 3.69. The number of anilines is 1. The van der Waals surface area contributed by atoms with Crippen molar-refractivity contribution in [3.63, 3.8) is 0 Å². The number of carbonyl (C=O) groups is 1. The van der Waals surface area contributed by atoms with Gasteiger partial charge < -0.3 is 10.4 Å². The topological polar surface area (TPSA) is 75.1 Å². The summed E-state index contributed by atoms with van der Waals surface area (Å²) in [6, 6.07) is 10.4. The lowest BCUT2D eigenvalue weighted by molar-refractivity contribution is -0.116. The van der Waals surface area contributed by atoms with Gasteiger partial charge in [0.2, 0.25) is 5.91 Å². The molecule has 0 saturated carbocycles. The predicted molar refractivity (Wildman–Crippen MR) is 92.4 cm³/mol. The van der Waals surface area contributed by atoms with E-state index in [-0.39, 0.29) is 30.1 Å². The Morgan fingerprint density at radius 2 is 1.81 bits per heavy atom. The van der Waals surface area contributed by atoms with E-state index < -0.39 is 11.6 Å². The standard InChI is InChI=1S/C19H15F2N3O2/c20-16-6-2-3-12(18(16)21)7-8-17(26)24-14-10-22-19(23-11-14)13-4-1-5-15(25)9-13/h1-6,9-11,25H,7-8H2,(H,24,26). The number of halogens is 2. The van der Waals surface area contributed by atoms with Crippen LogP contribution in [0.25, 0.3) is 11.4 Å². The molecule has 0 spiro atoms. The van der Waals surface area contributed by atoms with Crippen molar-refractivity contribution in [3.05, 3.63) is 72.1 Å². The van der Waals surface area contributed by atoms with E-state index in [1.165, 1.54) is 30.6 Å². The number of hydrogen-bond acceptors (Lipinski definition) is 4. The van der Waals surface area contributed by atoms with Gasteiger partial charge >= 0.3 is 0 Å². The summed E-state index contributed by atoms with van der Waals surface area (Å²) in [5.41, 5.74) is 1.18. The molecule has 2 aromatic carbocycles. The Bertz CT molecular complexity index is 930. The Hall–Kier alpha value is -3.35. The second-order valence-corrected chi connectivity index (χ2v) is 5.61. The monoisotopic (exact) mass is 355 g/mol. The van der Waals surface area contributed by atoms with Crippen molar-refractivity contribution in [1.82, 2.24) is 9.97 Å². The molecule has 3 rings (SSSR count). The van der Waals surface area contributed by atoms with E-state index in [4.69, 9.17) is 0 Å². The molecule has 0 aliphatic heterocycles. The summed E-state index contributed by atoms with van der Waals surface area (Å²) in [7, 11) is 0. The van der Waals surface area contributed by atoms with Crippen molar-refractivity contribution in [2.75, 3.05) is 5.32 Å². The maximum Gasteiger partial charge on any atom is 0.224 e. The van der Waals surface area contributed by atoms with Crippen molar-refractivity contribution in [1.29, 1.82) is 0 Å². The number of aromatic nitrogens is 2. The SMILES string of the molecule is O=C(CCc1cccc(F)c1F)Nc1cnc(-c2cccc(O)c2)nc1. The number of aromatic hydroxyl groups is 1. The number of nitrogens with one attached hydrogen (secondary N) is 1. The van der Waals surface area contributed by atoms with Gasteiger partial charge in [-0.25, -0.2) is 18.7 Å². The first kappa shape index (κ1) is 17.5. The van der Waals surface area contributed by atoms with E-state index in [1.54, 1.807) is 18.2 Å². The zero-order valence-electron chi connectivity index (χ0n) is 13.6. The van der Waals surface area contributed by atoms with E-state index >= 15 is 0 Å². The first-order valence-corrected chi connectivity index (χ1v) is 7.87. The minimum absolute atomic E-state index is 0.00528. The predicted octanol–water partition coefficient (Wildman–Crippen LogP) is 3.70. The molecule has 0 atom stereocenters. The number of rotatable bonds is 5. The van der Waals surface area contributed by atoms with Crippen LogP contribution in [0.3, 0.4) is 0 Å². The molecule has 3 aromatic rings. The van der Waals surface area contributed by atoms with E-state index in [9.17, 15) is 18.7 Å². The van der Waals surface area contributed by atoms with Gasteiger partial charge in [0.1, 0.15) is 5.75 Å². The summed E-state index contributed by atoms with van der Waals surface area (Å²) in [4.78, 5) is 20.2. The number of aryl methyl sites for hydroxylation is 1. The Balaban J connectivity index is 1.60. The van der Waals surface area contributed by atoms with Gasteiger partial charge in [-0.3, -0.25) is 4.79 Å². The lowest BCUT2D eigenvalue weighted by Gasteiger charge is -2.07. The molecule has 0 saturated heterocycles. The van der Waals surface area contributed by atoms with Crippen molar-refractivity contribution < 1.29 is 18.7 Å². The number of hydrogen-bond donors (Lipinski definition) is 2. The van der Waals surface area contributed by atoms with Crippen LogP contribution in [-0.2, 0) is 11.2 Å². The summed E-state index contributed by atoms with van der Waals surface area (Å²) < 4.78 is 26.7. The second-order valence-electron chi connectivity index (χ2n) is 5.61. The molecule has 26 heavy (non-hydrogen) atoms. The van der Waals surface area contributed by atoms with Crippen LogP contribution in [0.15, 0.2) is 54.9 Å². The third kappa shape index (κ3) is 4.18. The summed E-state index contributed by atoms with van der Waals surface area (Å²) in [5.74, 6) is -1.71. The van der Waals surface area contributed by atoms with Crippen LogP contribution in [0.2, 0.25) is 0 Å². The summed E-state index contributed by atoms with van der Waals surface area (Å²) in [6.07, 6.45) is 2.95. The summed E-state index contributed by atoms with van der Waals surface area (Å²) in [6.45, 7) is 0. The molecular weight excluding hydrogens is 340 g/mol. The highest BCUT2D eigenvalue weighted by atomic mass is 19.2. The van der Waals surface area contributed by atoms with Crippen molar-refractivity contribution >= 4 is 11.6 Å². The molecular formula is C19H15F2N3O2. The molecule has 0 bridgehead atoms. The quantitative estimate of drug-likeness (QED) is 0.732. The first-order valence-electron chi connectivity index (χ1n) is 7.87. The van der Waals surface area contributed by atoms with Gasteiger partial charge in [-0.05, 0) is 30.2 Å². The summed E-state index contributed by atoms with van der Waals surface area (Å²) in [5, 5.41) is 12.1. The zero-order chi connectivity index (χ0) is 18.5. The largest absolute Gasteiger partial charge is 0.508 e. The normalized spacial score (nSPS) is 10.5. The number of phenols is 1. The average molecular weight is 355 g/mol. The van der Waals surface area contributed by atoms with Gasteiger partial charge in [-0.1, -0.05) is 24.3 Å². The highest BCUT2D eigenvalue weighted by Gasteiger charge is 2.10. The van der Waals surface area contributed by atoms with Gasteiger partial charge in [-0.2, -0.15) is 0 Å². The number of nitrogens with zero attached hydrogens (tertiary/aromatic N) is 2. The number of carbonyl (C=O) groups excluding carboxylic acids is 1. The van der Waals surface area contributed by atoms with Crippen LogP contribution >= 0.6 is 0 Å². The molecule has 1 amide bonds. The van der Waals surface area contributed by atoms with Crippen LogP contribution in [0.4, 0.5) is 14.5 Å². The van der Waals surface area contributed by atoms with E-state index in [2.05, 4.69) is 15.3 Å². The first-order chi connectivity index (χ1) is 12.5. The maximum atomic E-state index is 13.6. The number of phenolic OH excluding ortho intramolecular Hbond substituents is 1. The van der Waals surface area contributed by atoms with Gasteiger partial charge in [0.25, 0.3) is 0 Å². The van der Waals surface area contributed by atoms with Crippen molar-refractivity contribution in [2.24, 2.45) is 0 Å². The molecule has 0 aliphatic rings. The number of benzene rings is 2. The number of amides is 1. The fourth-order valence-electron chi connectivity index (χ4n) is 2.40. The fourth-order valence-corrected chi connectivity index (χ4v) is 2.40. The average Bonchev–Trinajstić information content (AvgIpc) is 2.63. The Morgan fingerprint density at radius 1 is 1.08 bits per heavy atom. The maximum absolute atomic E-state index is 13.6. The molecule has 0 aliphatic carbocycles. The molecule has 0 radical (unpaired) electrons. The summed E-state index contributed by atoms with van der Waals surface area (Å²) >= 11 is 0. The zero-order valence-corrected chi connectivity index (χ0v) is 13.6. The van der Waals surface area contributed by atoms with Gasteiger partial charge in [0, 0.05) is 12.0 Å². The van der Waals surface area contributed by atoms with Crippen LogP contribution in [-0.4, -0.2) is 21.0 Å². The molecule has 7 heteroatoms. The highest BCUT2D eigenvalue weighted by Crippen LogP contribution is 2.20. The molecule has 1 heterocycles.